The van der Waals surface area contributed by atoms with Gasteiger partial charge in [0.15, 0.2) is 34.5 Å². The van der Waals surface area contributed by atoms with Crippen LogP contribution in [0, 0.1) is 0 Å². The Morgan fingerprint density at radius 1 is 0.846 bits per heavy atom. The predicted molar refractivity (Wildman–Crippen MR) is 132 cm³/mol. The largest absolute Gasteiger partial charge is 0.504 e. The molecule has 0 fully saturated rings. The topological polar surface area (TPSA) is 211 Å². The van der Waals surface area contributed by atoms with E-state index in [0.29, 0.717) is 0 Å². The molecule has 39 heavy (non-hydrogen) atoms. The van der Waals surface area contributed by atoms with Crippen molar-refractivity contribution in [1.29, 1.82) is 0 Å². The molecular formula is C27H22O12. The monoisotopic (exact) mass is 538 g/mol. The molecule has 0 aliphatic carbocycles. The Morgan fingerprint density at radius 3 is 2.10 bits per heavy atom. The zero-order valence-electron chi connectivity index (χ0n) is 19.9. The normalized spacial score (nSPS) is 16.8. The minimum absolute atomic E-state index is 0.0264. The minimum Gasteiger partial charge on any atom is -0.504 e. The fourth-order valence-corrected chi connectivity index (χ4v) is 4.20. The van der Waals surface area contributed by atoms with Crippen LogP contribution in [-0.4, -0.2) is 59.8 Å². The van der Waals surface area contributed by atoms with E-state index < -0.39 is 59.0 Å². The smallest absolute Gasteiger partial charge is 0.345 e. The Morgan fingerprint density at radius 2 is 1.49 bits per heavy atom. The van der Waals surface area contributed by atoms with Crippen molar-refractivity contribution in [3.63, 3.8) is 0 Å². The van der Waals surface area contributed by atoms with Crippen LogP contribution >= 0.6 is 0 Å². The van der Waals surface area contributed by atoms with Crippen LogP contribution in [0.15, 0.2) is 54.6 Å². The molecule has 202 valence electrons. The molecule has 12 nitrogen and oxygen atoms in total. The minimum atomic E-state index is -1.64. The molecular weight excluding hydrogens is 516 g/mol. The average molecular weight is 538 g/mol. The SMILES string of the molecule is O=C(/C=C\c1ccc(O)c2c1C(C(=O)O)C(c1ccc(O)c(O)c1)O2)OC(Cc1ccc(O)c(O)c1)C(=O)O. The Balaban J connectivity index is 1.59. The molecule has 4 rings (SSSR count). The molecule has 3 aromatic rings. The molecule has 3 aromatic carbocycles. The lowest BCUT2D eigenvalue weighted by Crippen LogP contribution is -2.28. The molecule has 0 spiro atoms. The number of carboxylic acids is 2. The number of carbonyl (C=O) groups excluding carboxylic acids is 1. The number of hydrogen-bond donors (Lipinski definition) is 7. The summed E-state index contributed by atoms with van der Waals surface area (Å²) in [5.74, 6) is -7.59. The third-order valence-corrected chi connectivity index (χ3v) is 6.06. The van der Waals surface area contributed by atoms with Gasteiger partial charge in [0.2, 0.25) is 6.10 Å². The van der Waals surface area contributed by atoms with E-state index in [1.807, 2.05) is 0 Å². The van der Waals surface area contributed by atoms with Crippen LogP contribution in [0.4, 0.5) is 0 Å². The number of aliphatic carboxylic acids is 2. The number of rotatable bonds is 8. The van der Waals surface area contributed by atoms with Gasteiger partial charge in [-0.25, -0.2) is 9.59 Å². The predicted octanol–water partition coefficient (Wildman–Crippen LogP) is 2.77. The molecule has 0 aromatic heterocycles. The van der Waals surface area contributed by atoms with E-state index in [9.17, 15) is 50.1 Å². The van der Waals surface area contributed by atoms with Crippen molar-refractivity contribution in [2.75, 3.05) is 0 Å². The van der Waals surface area contributed by atoms with Gasteiger partial charge in [-0.2, -0.15) is 0 Å². The van der Waals surface area contributed by atoms with Crippen LogP contribution in [0.1, 0.15) is 34.3 Å². The number of carboxylic acid groups (broad SMARTS) is 2. The van der Waals surface area contributed by atoms with Crippen molar-refractivity contribution >= 4 is 24.0 Å². The van der Waals surface area contributed by atoms with Crippen LogP contribution in [0.3, 0.4) is 0 Å². The molecule has 0 amide bonds. The van der Waals surface area contributed by atoms with Crippen LogP contribution < -0.4 is 4.74 Å². The van der Waals surface area contributed by atoms with Gasteiger partial charge < -0.3 is 45.2 Å². The number of phenols is 5. The van der Waals surface area contributed by atoms with Gasteiger partial charge in [-0.1, -0.05) is 18.2 Å². The Bertz CT molecular complexity index is 1490. The summed E-state index contributed by atoms with van der Waals surface area (Å²) in [5.41, 5.74) is 0.664. The molecule has 0 saturated heterocycles. The van der Waals surface area contributed by atoms with Crippen molar-refractivity contribution in [2.45, 2.75) is 24.5 Å². The second kappa shape index (κ2) is 10.5. The van der Waals surface area contributed by atoms with Crippen LogP contribution in [0.2, 0.25) is 0 Å². The Hall–Kier alpha value is -5.39. The first-order valence-corrected chi connectivity index (χ1v) is 11.4. The molecule has 3 atom stereocenters. The van der Waals surface area contributed by atoms with Crippen molar-refractivity contribution < 1.29 is 59.6 Å². The Kier molecular flexibility index (Phi) is 7.20. The summed E-state index contributed by atoms with van der Waals surface area (Å²) in [4.78, 5) is 36.4. The number of esters is 1. The van der Waals surface area contributed by atoms with Crippen molar-refractivity contribution in [3.05, 3.63) is 76.9 Å². The van der Waals surface area contributed by atoms with E-state index in [1.54, 1.807) is 0 Å². The number of fused-ring (bicyclic) bond motifs is 1. The molecule has 1 aliphatic rings. The maximum atomic E-state index is 12.5. The van der Waals surface area contributed by atoms with Crippen LogP contribution in [-0.2, 0) is 25.5 Å². The zero-order chi connectivity index (χ0) is 28.4. The molecule has 0 bridgehead atoms. The highest BCUT2D eigenvalue weighted by molar-refractivity contribution is 5.91. The van der Waals surface area contributed by atoms with Gasteiger partial charge in [0.25, 0.3) is 0 Å². The maximum Gasteiger partial charge on any atom is 0.345 e. The Labute approximate surface area is 219 Å². The second-order valence-electron chi connectivity index (χ2n) is 8.64. The fourth-order valence-electron chi connectivity index (χ4n) is 4.20. The van der Waals surface area contributed by atoms with E-state index >= 15 is 0 Å². The van der Waals surface area contributed by atoms with Gasteiger partial charge in [-0.3, -0.25) is 4.79 Å². The van der Waals surface area contributed by atoms with E-state index in [2.05, 4.69) is 0 Å². The molecule has 0 radical (unpaired) electrons. The van der Waals surface area contributed by atoms with Crippen molar-refractivity contribution in [2.24, 2.45) is 0 Å². The quantitative estimate of drug-likeness (QED) is 0.125. The van der Waals surface area contributed by atoms with Gasteiger partial charge in [0.05, 0.1) is 0 Å². The summed E-state index contributed by atoms with van der Waals surface area (Å²) in [5, 5.41) is 68.2. The van der Waals surface area contributed by atoms with E-state index in [0.717, 1.165) is 30.3 Å². The second-order valence-corrected chi connectivity index (χ2v) is 8.64. The summed E-state index contributed by atoms with van der Waals surface area (Å²) < 4.78 is 10.8. The highest BCUT2D eigenvalue weighted by Gasteiger charge is 2.43. The summed E-state index contributed by atoms with van der Waals surface area (Å²) in [7, 11) is 0. The lowest BCUT2D eigenvalue weighted by atomic mass is 9.88. The van der Waals surface area contributed by atoms with Crippen molar-refractivity contribution in [1.82, 2.24) is 0 Å². The first-order chi connectivity index (χ1) is 18.5. The van der Waals surface area contributed by atoms with Crippen LogP contribution in [0.5, 0.6) is 34.5 Å². The number of aromatic hydroxyl groups is 5. The number of ether oxygens (including phenoxy) is 2. The summed E-state index contributed by atoms with van der Waals surface area (Å²) in [6, 6.07) is 9.83. The molecule has 1 aliphatic heterocycles. The highest BCUT2D eigenvalue weighted by Crippen LogP contribution is 2.52. The van der Waals surface area contributed by atoms with Crippen LogP contribution in [0.25, 0.3) is 6.08 Å². The third kappa shape index (κ3) is 5.49. The molecule has 7 N–H and O–H groups in total. The summed E-state index contributed by atoms with van der Waals surface area (Å²) in [6.07, 6.45) is -1.09. The van der Waals surface area contributed by atoms with Gasteiger partial charge in [0.1, 0.15) is 12.0 Å². The summed E-state index contributed by atoms with van der Waals surface area (Å²) in [6.45, 7) is 0. The molecule has 12 heteroatoms. The van der Waals surface area contributed by atoms with Crippen molar-refractivity contribution in [3.8, 4) is 34.5 Å². The summed E-state index contributed by atoms with van der Waals surface area (Å²) >= 11 is 0. The fraction of sp³-hybridized carbons (Fsp3) is 0.148. The molecule has 3 unspecified atom stereocenters. The van der Waals surface area contributed by atoms with Gasteiger partial charge in [0, 0.05) is 18.1 Å². The first kappa shape index (κ1) is 26.7. The van der Waals surface area contributed by atoms with E-state index in [-0.39, 0.29) is 40.2 Å². The standard InChI is InChI=1S/C27H22O12/c28-15-5-1-12(9-18(15)31)10-20(26(34)35)38-21(33)8-4-13-2-7-17(30)25-22(13)23(27(36)37)24(39-25)14-3-6-16(29)19(32)11-14/h1-9,11,20,23-24,28-32H,10H2,(H,34,35)(H,36,37)/b8-4-. The van der Waals surface area contributed by atoms with Gasteiger partial charge >= 0.3 is 17.9 Å². The van der Waals surface area contributed by atoms with Gasteiger partial charge in [-0.15, -0.1) is 0 Å². The zero-order valence-corrected chi connectivity index (χ0v) is 19.9. The molecule has 1 heterocycles. The van der Waals surface area contributed by atoms with E-state index in [4.69, 9.17) is 9.47 Å². The molecule has 0 saturated carbocycles. The first-order valence-electron chi connectivity index (χ1n) is 11.4. The maximum absolute atomic E-state index is 12.5. The number of benzene rings is 3. The number of hydrogen-bond acceptors (Lipinski definition) is 10. The lowest BCUT2D eigenvalue weighted by Gasteiger charge is -2.17. The van der Waals surface area contributed by atoms with E-state index in [1.165, 1.54) is 30.3 Å². The number of phenolic OH excluding ortho intramolecular Hbond substituents is 5. The third-order valence-electron chi connectivity index (χ3n) is 6.06. The van der Waals surface area contributed by atoms with Gasteiger partial charge in [-0.05, 0) is 53.1 Å². The lowest BCUT2D eigenvalue weighted by molar-refractivity contribution is -0.160. The number of carbonyl (C=O) groups is 3. The highest BCUT2D eigenvalue weighted by atomic mass is 16.6. The average Bonchev–Trinajstić information content (AvgIpc) is 3.29.